The van der Waals surface area contributed by atoms with Crippen molar-refractivity contribution in [1.82, 2.24) is 4.57 Å². The first-order chi connectivity index (χ1) is 10.7. The molecule has 0 aliphatic rings. The Morgan fingerprint density at radius 3 is 2.77 bits per heavy atom. The minimum absolute atomic E-state index is 0.0486. The van der Waals surface area contributed by atoms with Crippen LogP contribution in [0.1, 0.15) is 15.9 Å². The summed E-state index contributed by atoms with van der Waals surface area (Å²) in [6.07, 6.45) is 1.67. The molecule has 0 unspecified atom stereocenters. The normalized spacial score (nSPS) is 10.8. The number of carbonyl (C=O) groups is 1. The van der Waals surface area contributed by atoms with Gasteiger partial charge in [-0.2, -0.15) is 0 Å². The molecule has 0 bridgehead atoms. The Labute approximate surface area is 128 Å². The average molecular weight is 295 g/mol. The molecule has 3 aromatic rings. The van der Waals surface area contributed by atoms with Crippen molar-refractivity contribution in [3.05, 3.63) is 65.9 Å². The van der Waals surface area contributed by atoms with Gasteiger partial charge in [-0.1, -0.05) is 30.3 Å². The van der Waals surface area contributed by atoms with Gasteiger partial charge in [-0.3, -0.25) is 9.36 Å². The molecule has 112 valence electrons. The zero-order chi connectivity index (χ0) is 15.5. The fourth-order valence-electron chi connectivity index (χ4n) is 2.50. The van der Waals surface area contributed by atoms with Gasteiger partial charge in [0.2, 0.25) is 0 Å². The molecule has 4 nitrogen and oxygen atoms in total. The molecule has 0 fully saturated rings. The second-order valence-electron chi connectivity index (χ2n) is 5.20. The van der Waals surface area contributed by atoms with Crippen LogP contribution in [0.3, 0.4) is 0 Å². The first kappa shape index (κ1) is 14.4. The molecule has 0 radical (unpaired) electrons. The quantitative estimate of drug-likeness (QED) is 0.804. The summed E-state index contributed by atoms with van der Waals surface area (Å²) in [7, 11) is 0. The Morgan fingerprint density at radius 2 is 2.00 bits per heavy atom. The number of fused-ring (bicyclic) bond motifs is 1. The van der Waals surface area contributed by atoms with Crippen LogP contribution in [0.2, 0.25) is 0 Å². The lowest BCUT2D eigenvalue weighted by Gasteiger charge is -2.07. The van der Waals surface area contributed by atoms with Crippen LogP contribution in [0.5, 0.6) is 5.75 Å². The second kappa shape index (κ2) is 6.03. The molecule has 2 aromatic carbocycles. The lowest BCUT2D eigenvalue weighted by atomic mass is 10.2. The maximum Gasteiger partial charge on any atom is 0.268 e. The van der Waals surface area contributed by atoms with E-state index in [0.29, 0.717) is 5.75 Å². The average Bonchev–Trinajstić information content (AvgIpc) is 2.92. The van der Waals surface area contributed by atoms with Crippen molar-refractivity contribution in [1.29, 1.82) is 0 Å². The number of aliphatic hydroxyl groups excluding tert-OH is 1. The van der Waals surface area contributed by atoms with Gasteiger partial charge in [0.15, 0.2) is 6.61 Å². The summed E-state index contributed by atoms with van der Waals surface area (Å²) in [6, 6.07) is 15.1. The van der Waals surface area contributed by atoms with Crippen molar-refractivity contribution >= 4 is 16.8 Å². The third-order valence-corrected chi connectivity index (χ3v) is 3.59. The van der Waals surface area contributed by atoms with Crippen LogP contribution >= 0.6 is 0 Å². The summed E-state index contributed by atoms with van der Waals surface area (Å²) in [4.78, 5) is 12.4. The van der Waals surface area contributed by atoms with Crippen molar-refractivity contribution in [2.24, 2.45) is 0 Å². The number of nitrogens with zero attached hydrogens (tertiary/aromatic N) is 1. The van der Waals surface area contributed by atoms with E-state index in [1.165, 1.54) is 4.57 Å². The number of benzene rings is 2. The van der Waals surface area contributed by atoms with Crippen molar-refractivity contribution in [3.63, 3.8) is 0 Å². The highest BCUT2D eigenvalue weighted by Crippen LogP contribution is 2.21. The monoisotopic (exact) mass is 295 g/mol. The molecule has 0 aliphatic heterocycles. The molecule has 0 saturated heterocycles. The molecule has 1 aromatic heterocycles. The minimum Gasteiger partial charge on any atom is -0.484 e. The van der Waals surface area contributed by atoms with Crippen molar-refractivity contribution in [3.8, 4) is 5.75 Å². The second-order valence-corrected chi connectivity index (χ2v) is 5.20. The van der Waals surface area contributed by atoms with E-state index in [1.54, 1.807) is 6.20 Å². The number of aryl methyl sites for hydroxylation is 1. The van der Waals surface area contributed by atoms with Crippen molar-refractivity contribution in [2.45, 2.75) is 13.5 Å². The predicted molar refractivity (Wildman–Crippen MR) is 85.2 cm³/mol. The zero-order valence-electron chi connectivity index (χ0n) is 12.3. The van der Waals surface area contributed by atoms with Crippen molar-refractivity contribution in [2.75, 3.05) is 6.61 Å². The topological polar surface area (TPSA) is 51.5 Å². The Balaban J connectivity index is 1.83. The summed E-state index contributed by atoms with van der Waals surface area (Å²) in [5.74, 6) is 0.504. The highest BCUT2D eigenvalue weighted by atomic mass is 16.5. The Kier molecular flexibility index (Phi) is 3.94. The van der Waals surface area contributed by atoms with Crippen LogP contribution in [0, 0.1) is 6.92 Å². The molecule has 0 saturated carbocycles. The highest BCUT2D eigenvalue weighted by molar-refractivity contribution is 5.95. The fourth-order valence-corrected chi connectivity index (χ4v) is 2.50. The minimum atomic E-state index is -0.169. The summed E-state index contributed by atoms with van der Waals surface area (Å²) in [5.41, 5.74) is 2.60. The predicted octanol–water partition coefficient (Wildman–Crippen LogP) is 3.16. The molecule has 0 spiro atoms. The molecule has 1 heterocycles. The number of ether oxygens (including phenoxy) is 1. The van der Waals surface area contributed by atoms with Gasteiger partial charge >= 0.3 is 0 Å². The molecule has 0 aliphatic carbocycles. The van der Waals surface area contributed by atoms with E-state index in [4.69, 9.17) is 4.74 Å². The summed E-state index contributed by atoms with van der Waals surface area (Å²) >= 11 is 0. The van der Waals surface area contributed by atoms with E-state index < -0.39 is 0 Å². The maximum absolute atomic E-state index is 12.4. The number of aromatic nitrogens is 1. The van der Waals surface area contributed by atoms with E-state index in [0.717, 1.165) is 22.0 Å². The van der Waals surface area contributed by atoms with Crippen LogP contribution in [-0.2, 0) is 6.61 Å². The maximum atomic E-state index is 12.4. The van der Waals surface area contributed by atoms with E-state index in [9.17, 15) is 9.90 Å². The third kappa shape index (κ3) is 2.73. The van der Waals surface area contributed by atoms with Crippen LogP contribution in [0.4, 0.5) is 0 Å². The largest absolute Gasteiger partial charge is 0.484 e. The van der Waals surface area contributed by atoms with Crippen LogP contribution in [0.25, 0.3) is 10.9 Å². The first-order valence-electron chi connectivity index (χ1n) is 7.11. The number of hydrogen-bond acceptors (Lipinski definition) is 3. The molecular weight excluding hydrogens is 278 g/mol. The molecule has 0 amide bonds. The molecule has 4 heteroatoms. The summed E-state index contributed by atoms with van der Waals surface area (Å²) in [5, 5.41) is 10.3. The summed E-state index contributed by atoms with van der Waals surface area (Å²) in [6.45, 7) is 1.83. The Morgan fingerprint density at radius 1 is 1.18 bits per heavy atom. The van der Waals surface area contributed by atoms with Gasteiger partial charge in [-0.05, 0) is 30.7 Å². The van der Waals surface area contributed by atoms with E-state index in [-0.39, 0.29) is 19.1 Å². The lowest BCUT2D eigenvalue weighted by Crippen LogP contribution is -2.18. The molecule has 22 heavy (non-hydrogen) atoms. The van der Waals surface area contributed by atoms with Gasteiger partial charge in [0.25, 0.3) is 5.91 Å². The first-order valence-corrected chi connectivity index (χ1v) is 7.11. The zero-order valence-corrected chi connectivity index (χ0v) is 12.3. The molecule has 1 N–H and O–H groups in total. The SMILES string of the molecule is Cc1cccc(OCC(=O)n2cc(CO)c3ccccc32)c1. The lowest BCUT2D eigenvalue weighted by molar-refractivity contribution is 0.0843. The van der Waals surface area contributed by atoms with Crippen molar-refractivity contribution < 1.29 is 14.6 Å². The molecular formula is C18H17NO3. The van der Waals surface area contributed by atoms with E-state index in [1.807, 2.05) is 55.5 Å². The van der Waals surface area contributed by atoms with Gasteiger partial charge < -0.3 is 9.84 Å². The smallest absolute Gasteiger partial charge is 0.268 e. The van der Waals surface area contributed by atoms with Crippen LogP contribution < -0.4 is 4.74 Å². The van der Waals surface area contributed by atoms with Crippen LogP contribution in [-0.4, -0.2) is 22.2 Å². The number of hydrogen-bond donors (Lipinski definition) is 1. The van der Waals surface area contributed by atoms with Gasteiger partial charge in [-0.25, -0.2) is 0 Å². The van der Waals surface area contributed by atoms with Crippen LogP contribution in [0.15, 0.2) is 54.7 Å². The van der Waals surface area contributed by atoms with Gasteiger partial charge in [0, 0.05) is 17.1 Å². The number of carbonyl (C=O) groups excluding carboxylic acids is 1. The highest BCUT2D eigenvalue weighted by Gasteiger charge is 2.13. The van der Waals surface area contributed by atoms with Gasteiger partial charge in [-0.15, -0.1) is 0 Å². The molecule has 0 atom stereocenters. The molecule has 3 rings (SSSR count). The van der Waals surface area contributed by atoms with Gasteiger partial charge in [0.1, 0.15) is 5.75 Å². The summed E-state index contributed by atoms with van der Waals surface area (Å²) < 4.78 is 7.10. The van der Waals surface area contributed by atoms with Gasteiger partial charge in [0.05, 0.1) is 12.1 Å². The van der Waals surface area contributed by atoms with E-state index >= 15 is 0 Å². The van der Waals surface area contributed by atoms with E-state index in [2.05, 4.69) is 0 Å². The third-order valence-electron chi connectivity index (χ3n) is 3.59. The number of aliphatic hydroxyl groups is 1. The Hall–Kier alpha value is -2.59. The standard InChI is InChI=1S/C18H17NO3/c1-13-5-4-6-15(9-13)22-12-18(21)19-10-14(11-20)16-7-2-3-8-17(16)19/h2-10,20H,11-12H2,1H3. The number of para-hydroxylation sites is 1. The fraction of sp³-hybridized carbons (Fsp3) is 0.167. The Bertz CT molecular complexity index is 820. The number of rotatable bonds is 4.